The average Bonchev–Trinajstić information content (AvgIpc) is 2.53. The maximum absolute atomic E-state index is 7.12. The first-order chi connectivity index (χ1) is 12.7. The Bertz CT molecular complexity index is 90.9. The van der Waals surface area contributed by atoms with Crippen LogP contribution in [0.4, 0.5) is 0 Å². The maximum atomic E-state index is 7.12. The van der Waals surface area contributed by atoms with Crippen LogP contribution in [0.3, 0.4) is 0 Å². The molecule has 0 unspecified atom stereocenters. The van der Waals surface area contributed by atoms with Gasteiger partial charge in [0.1, 0.15) is 61.1 Å². The molecule has 44 heavy (non-hydrogen) atoms. The van der Waals surface area contributed by atoms with Crippen molar-refractivity contribution in [3.05, 3.63) is 0 Å². The molecule has 0 aliphatic rings. The van der Waals surface area contributed by atoms with Crippen LogP contribution in [-0.2, 0) is 0 Å². The summed E-state index contributed by atoms with van der Waals surface area (Å²) in [7, 11) is 0. The van der Waals surface area contributed by atoms with Crippen LogP contribution in [0.5, 0.6) is 0 Å². The van der Waals surface area contributed by atoms with Gasteiger partial charge in [0.2, 0.25) is 0 Å². The fraction of sp³-hybridized carbons (Fsp3) is 1.00. The van der Waals surface area contributed by atoms with Crippen molar-refractivity contribution in [1.82, 2.24) is 0 Å². The average molecular weight is 2660 g/mol. The fourth-order valence-electron chi connectivity index (χ4n) is 0. The predicted molar refractivity (Wildman–Crippen MR) is 186 cm³/mol. The van der Waals surface area contributed by atoms with Crippen LogP contribution >= 0.6 is 0 Å². The summed E-state index contributed by atoms with van der Waals surface area (Å²) in [5.41, 5.74) is 0. The molecule has 0 saturated carbocycles. The van der Waals surface area contributed by atoms with Gasteiger partial charge in [-0.2, -0.15) is 0 Å². The second kappa shape index (κ2) is 446. The molecule has 0 saturated heterocycles. The molecule has 32 N–H and O–H groups in total. The Kier molecular flexibility index (Phi) is 2030. The van der Waals surface area contributed by atoms with Crippen LogP contribution < -0.4 is 0 Å². The minimum Gasteiger partial charge on any atom is 0 e. The van der Waals surface area contributed by atoms with Gasteiger partial charge in [-0.1, -0.05) is 0 Å². The summed E-state index contributed by atoms with van der Waals surface area (Å²) >= 11 is 0. The van der Waals surface area contributed by atoms with Gasteiger partial charge in [-0.3, -0.25) is 0 Å². The largest absolute Gasteiger partial charge is 0 e. The Hall–Kier alpha value is 7.83. The molecule has 0 aromatic rings. The molecule has 25 nitrogen and oxygen atoms in total. The number of aliphatic hydroxyl groups is 18. The third-order valence-corrected chi connectivity index (χ3v) is 0. The van der Waals surface area contributed by atoms with E-state index < -0.39 is 61.1 Å². The summed E-state index contributed by atoms with van der Waals surface area (Å²) in [4.78, 5) is 0. The molecule has 0 spiro atoms. The van der Waals surface area contributed by atoms with Crippen molar-refractivity contribution in [2.45, 2.75) is 0 Å². The topological polar surface area (TPSA) is 585 Å². The van der Waals surface area contributed by atoms with Crippen molar-refractivity contribution in [2.24, 2.45) is 0 Å². The molecule has 300 valence electrons. The van der Waals surface area contributed by atoms with Crippen molar-refractivity contribution in [3.8, 4) is 0 Å². The first kappa shape index (κ1) is 201. The maximum Gasteiger partial charge on any atom is 0 e. The van der Waals surface area contributed by atoms with Crippen molar-refractivity contribution in [3.63, 3.8) is 0 Å². The summed E-state index contributed by atoms with van der Waals surface area (Å²) in [5, 5.41) is 128. The molecule has 0 aliphatic carbocycles. The summed E-state index contributed by atoms with van der Waals surface area (Å²) in [6, 6.07) is 0. The molecule has 0 aromatic carbocycles. The minimum absolute atomic E-state index is 0. The van der Waals surface area contributed by atoms with Gasteiger partial charge in [-0.15, -0.1) is 0 Å². The molecule has 0 heterocycles. The molecule has 0 fully saturated rings. The van der Waals surface area contributed by atoms with E-state index in [4.69, 9.17) is 91.9 Å². The van der Waals surface area contributed by atoms with Crippen molar-refractivity contribution >= 4 is 262 Å². The quantitative estimate of drug-likeness (QED) is 0.0791. The zero-order chi connectivity index (χ0) is 24.4. The normalized spacial score (nSPS) is 3.68. The van der Waals surface area contributed by atoms with E-state index >= 15 is 0 Å². The molecular formula is C9H64Bi10O25. The van der Waals surface area contributed by atoms with E-state index in [0.29, 0.717) is 0 Å². The van der Waals surface area contributed by atoms with Crippen LogP contribution in [0, 0.1) is 0 Å². The van der Waals surface area contributed by atoms with Gasteiger partial charge in [0.05, 0.1) is 0 Å². The molecule has 0 amide bonds. The zero-order valence-electron chi connectivity index (χ0n) is 23.3. The Labute approximate surface area is 445 Å². The fourth-order valence-corrected chi connectivity index (χ4v) is 0. The molecule has 0 atom stereocenters. The Morgan fingerprint density at radius 3 is 0.159 bits per heavy atom. The SMILES string of the molecule is O.O.O.O.O.O.O.OCO.OCO.OCO.OCO.OCO.OCO.OCO.OCO.OCO.[BiH2].[BiH2].[BiH2].[BiH2].[BiH2].[BiH2].[BiH2].[Bi].[Bi].[Bi]. The Morgan fingerprint density at radius 2 is 0.159 bits per heavy atom. The smallest absolute Gasteiger partial charge is 0 e. The van der Waals surface area contributed by atoms with Crippen molar-refractivity contribution < 1.29 is 130 Å². The first-order valence-electron chi connectivity index (χ1n) is 5.69. The van der Waals surface area contributed by atoms with Gasteiger partial charge >= 0.3 is 183 Å². The van der Waals surface area contributed by atoms with E-state index in [1.54, 1.807) is 0 Å². The molecule has 0 bridgehead atoms. The molecule has 16 radical (unpaired) electrons. The Balaban J connectivity index is -0.00000000329. The van der Waals surface area contributed by atoms with Crippen molar-refractivity contribution in [2.75, 3.05) is 61.1 Å². The molecule has 35 heteroatoms. The van der Waals surface area contributed by atoms with Crippen LogP contribution in [-0.4, -0.2) is 453 Å². The summed E-state index contributed by atoms with van der Waals surface area (Å²) < 4.78 is 0. The summed E-state index contributed by atoms with van der Waals surface area (Å²) in [6.07, 6.45) is 0. The van der Waals surface area contributed by atoms with Crippen molar-refractivity contribution in [1.29, 1.82) is 0 Å². The Morgan fingerprint density at radius 1 is 0.159 bits per heavy atom. The van der Waals surface area contributed by atoms with Gasteiger partial charge in [0.15, 0.2) is 0 Å². The van der Waals surface area contributed by atoms with E-state index in [1.165, 1.54) is 0 Å². The predicted octanol–water partition coefficient (Wildman–Crippen LogP) is -23.0. The zero-order valence-corrected chi connectivity index (χ0v) is 65.2. The van der Waals surface area contributed by atoms with Gasteiger partial charge in [-0.25, -0.2) is 0 Å². The number of rotatable bonds is 0. The number of aliphatic hydroxyl groups excluding tert-OH is 9. The molecule has 0 rings (SSSR count). The molecular weight excluding hydrogens is 2600 g/mol. The summed E-state index contributed by atoms with van der Waals surface area (Å²) in [6.45, 7) is -6.75. The van der Waals surface area contributed by atoms with Gasteiger partial charge in [0.25, 0.3) is 0 Å². The number of hydrogen-bond acceptors (Lipinski definition) is 18. The summed E-state index contributed by atoms with van der Waals surface area (Å²) in [5.74, 6) is 0. The van der Waals surface area contributed by atoms with E-state index in [9.17, 15) is 0 Å². The third kappa shape index (κ3) is 1940. The van der Waals surface area contributed by atoms with E-state index in [-0.39, 0.29) is 300 Å². The van der Waals surface area contributed by atoms with E-state index in [0.717, 1.165) is 0 Å². The van der Waals surface area contributed by atoms with Crippen LogP contribution in [0.25, 0.3) is 0 Å². The van der Waals surface area contributed by atoms with Gasteiger partial charge in [0, 0.05) is 78.6 Å². The van der Waals surface area contributed by atoms with E-state index in [1.807, 2.05) is 0 Å². The van der Waals surface area contributed by atoms with E-state index in [2.05, 4.69) is 0 Å². The van der Waals surface area contributed by atoms with Crippen LogP contribution in [0.15, 0.2) is 0 Å². The van der Waals surface area contributed by atoms with Crippen LogP contribution in [0.1, 0.15) is 0 Å². The second-order valence-electron chi connectivity index (χ2n) is 1.27. The second-order valence-corrected chi connectivity index (χ2v) is 1.27. The minimum atomic E-state index is -0.750. The molecule has 0 aromatic heterocycles. The monoisotopic (exact) mass is 2660 g/mol. The third-order valence-electron chi connectivity index (χ3n) is 0. The number of hydrogen-bond donors (Lipinski definition) is 18. The standard InChI is InChI=1S/9CH4O2.10Bi.7H2O.14H/c9*2-1-3;;;;;;;;;;;;;;;;;;;;;;;;;;;;;;;/h9*2-3H,1H2;;;;;;;;;;;7*1H2;;;;;;;;;;;;;;. The molecule has 0 aliphatic heterocycles. The van der Waals surface area contributed by atoms with Gasteiger partial charge in [-0.05, 0) is 0 Å². The van der Waals surface area contributed by atoms with Gasteiger partial charge < -0.3 is 130 Å². The van der Waals surface area contributed by atoms with Crippen LogP contribution in [0.2, 0.25) is 0 Å². The first-order valence-corrected chi connectivity index (χ1v) is 5.69.